The first-order valence-corrected chi connectivity index (χ1v) is 5.82. The van der Waals surface area contributed by atoms with Crippen molar-refractivity contribution in [3.63, 3.8) is 0 Å². The van der Waals surface area contributed by atoms with Gasteiger partial charge in [0, 0.05) is 18.9 Å². The molecule has 1 rings (SSSR count). The summed E-state index contributed by atoms with van der Waals surface area (Å²) < 4.78 is 0. The van der Waals surface area contributed by atoms with Gasteiger partial charge in [-0.2, -0.15) is 0 Å². The number of hydrogen-bond donors (Lipinski definition) is 1. The normalized spacial score (nSPS) is 12.2. The fourth-order valence-electron chi connectivity index (χ4n) is 1.84. The van der Waals surface area contributed by atoms with E-state index in [-0.39, 0.29) is 18.2 Å². The lowest BCUT2D eigenvalue weighted by Gasteiger charge is -2.27. The Balaban J connectivity index is 2.74. The summed E-state index contributed by atoms with van der Waals surface area (Å²) in [7, 11) is 1.52. The number of nitrogens with zero attached hydrogens (tertiary/aromatic N) is 2. The van der Waals surface area contributed by atoms with Crippen molar-refractivity contribution in [1.82, 2.24) is 9.88 Å². The van der Waals surface area contributed by atoms with Crippen molar-refractivity contribution in [3.8, 4) is 0 Å². The van der Waals surface area contributed by atoms with E-state index < -0.39 is 12.0 Å². The molecule has 18 heavy (non-hydrogen) atoms. The molecular weight excluding hydrogens is 232 g/mol. The Morgan fingerprint density at radius 3 is 2.50 bits per heavy atom. The van der Waals surface area contributed by atoms with Gasteiger partial charge in [-0.3, -0.25) is 9.78 Å². The lowest BCUT2D eigenvalue weighted by molar-refractivity contribution is -0.150. The molecule has 0 radical (unpaired) electrons. The van der Waals surface area contributed by atoms with Crippen LogP contribution in [0.4, 0.5) is 0 Å². The highest BCUT2D eigenvalue weighted by Crippen LogP contribution is 2.11. The van der Waals surface area contributed by atoms with Gasteiger partial charge in [0.1, 0.15) is 6.04 Å². The molecule has 1 aromatic rings. The number of pyridine rings is 1. The van der Waals surface area contributed by atoms with Crippen molar-refractivity contribution in [1.29, 1.82) is 0 Å². The summed E-state index contributed by atoms with van der Waals surface area (Å²) in [5.41, 5.74) is 0.641. The molecule has 0 aliphatic carbocycles. The molecule has 0 aliphatic rings. The molecule has 0 saturated carbocycles. The zero-order valence-corrected chi connectivity index (χ0v) is 10.8. The third-order valence-corrected chi connectivity index (χ3v) is 2.75. The van der Waals surface area contributed by atoms with Crippen LogP contribution in [-0.4, -0.2) is 40.0 Å². The van der Waals surface area contributed by atoms with Crippen molar-refractivity contribution in [2.75, 3.05) is 7.05 Å². The van der Waals surface area contributed by atoms with Crippen LogP contribution in [0.3, 0.4) is 0 Å². The standard InChI is InChI=1S/C13H18N2O3/c1-9(2)12(13(17)18)15(3)11(16)8-10-6-4-5-7-14-10/h4-7,9,12H,8H2,1-3H3,(H,17,18). The third kappa shape index (κ3) is 3.55. The Bertz CT molecular complexity index is 418. The van der Waals surface area contributed by atoms with Gasteiger partial charge in [0.15, 0.2) is 0 Å². The number of carboxylic acids is 1. The SMILES string of the molecule is CC(C)C(C(=O)O)N(C)C(=O)Cc1ccccn1. The van der Waals surface area contributed by atoms with E-state index in [1.54, 1.807) is 38.2 Å². The third-order valence-electron chi connectivity index (χ3n) is 2.75. The molecule has 0 bridgehead atoms. The maximum atomic E-state index is 12.0. The highest BCUT2D eigenvalue weighted by Gasteiger charge is 2.29. The zero-order valence-electron chi connectivity index (χ0n) is 10.8. The number of aromatic nitrogens is 1. The van der Waals surface area contributed by atoms with Crippen molar-refractivity contribution >= 4 is 11.9 Å². The van der Waals surface area contributed by atoms with Gasteiger partial charge in [-0.1, -0.05) is 19.9 Å². The molecule has 1 N–H and O–H groups in total. The summed E-state index contributed by atoms with van der Waals surface area (Å²) in [4.78, 5) is 28.4. The second-order valence-corrected chi connectivity index (χ2v) is 4.53. The zero-order chi connectivity index (χ0) is 13.7. The van der Waals surface area contributed by atoms with E-state index in [9.17, 15) is 9.59 Å². The number of carbonyl (C=O) groups excluding carboxylic acids is 1. The van der Waals surface area contributed by atoms with Gasteiger partial charge in [-0.15, -0.1) is 0 Å². The van der Waals surface area contributed by atoms with Crippen molar-refractivity contribution in [2.24, 2.45) is 5.92 Å². The average Bonchev–Trinajstić information content (AvgIpc) is 2.29. The van der Waals surface area contributed by atoms with Crippen LogP contribution in [-0.2, 0) is 16.0 Å². The molecule has 98 valence electrons. The lowest BCUT2D eigenvalue weighted by Crippen LogP contribution is -2.46. The number of hydrogen-bond acceptors (Lipinski definition) is 3. The van der Waals surface area contributed by atoms with Gasteiger partial charge >= 0.3 is 5.97 Å². The van der Waals surface area contributed by atoms with Crippen LogP contribution in [0.2, 0.25) is 0 Å². The van der Waals surface area contributed by atoms with Gasteiger partial charge < -0.3 is 10.0 Å². The largest absolute Gasteiger partial charge is 0.480 e. The monoisotopic (exact) mass is 250 g/mol. The summed E-state index contributed by atoms with van der Waals surface area (Å²) in [6.07, 6.45) is 1.73. The summed E-state index contributed by atoms with van der Waals surface area (Å²) in [5.74, 6) is -1.36. The molecular formula is C13H18N2O3. The number of likely N-dealkylation sites (N-methyl/N-ethyl adjacent to an activating group) is 1. The van der Waals surface area contributed by atoms with E-state index in [1.165, 1.54) is 11.9 Å². The molecule has 5 nitrogen and oxygen atoms in total. The number of amides is 1. The lowest BCUT2D eigenvalue weighted by atomic mass is 10.0. The van der Waals surface area contributed by atoms with E-state index in [4.69, 9.17) is 5.11 Å². The van der Waals surface area contributed by atoms with Crippen molar-refractivity contribution < 1.29 is 14.7 Å². The summed E-state index contributed by atoms with van der Waals surface area (Å²) in [5, 5.41) is 9.12. The van der Waals surface area contributed by atoms with Gasteiger partial charge in [0.2, 0.25) is 5.91 Å². The minimum absolute atomic E-state index is 0.119. The summed E-state index contributed by atoms with van der Waals surface area (Å²) >= 11 is 0. The Morgan fingerprint density at radius 1 is 1.39 bits per heavy atom. The molecule has 0 fully saturated rings. The molecule has 1 unspecified atom stereocenters. The first-order valence-electron chi connectivity index (χ1n) is 5.82. The number of aliphatic carboxylic acids is 1. The Morgan fingerprint density at radius 2 is 2.06 bits per heavy atom. The molecule has 5 heteroatoms. The summed E-state index contributed by atoms with van der Waals surface area (Å²) in [6.45, 7) is 3.56. The second-order valence-electron chi connectivity index (χ2n) is 4.53. The minimum atomic E-state index is -0.984. The first kappa shape index (κ1) is 14.2. The van der Waals surface area contributed by atoms with Crippen LogP contribution >= 0.6 is 0 Å². The molecule has 0 saturated heterocycles. The number of rotatable bonds is 5. The predicted octanol–water partition coefficient (Wildman–Crippen LogP) is 1.19. The Labute approximate surface area is 106 Å². The van der Waals surface area contributed by atoms with Gasteiger partial charge in [-0.25, -0.2) is 4.79 Å². The molecule has 1 atom stereocenters. The van der Waals surface area contributed by atoms with Gasteiger partial charge in [-0.05, 0) is 18.1 Å². The predicted molar refractivity (Wildman–Crippen MR) is 67.0 cm³/mol. The topological polar surface area (TPSA) is 70.5 Å². The van der Waals surface area contributed by atoms with E-state index in [2.05, 4.69) is 4.98 Å². The summed E-state index contributed by atoms with van der Waals surface area (Å²) in [6, 6.07) is 4.51. The Kier molecular flexibility index (Phi) is 4.83. The molecule has 0 spiro atoms. The van der Waals surface area contributed by atoms with Crippen molar-refractivity contribution in [3.05, 3.63) is 30.1 Å². The molecule has 0 aromatic carbocycles. The van der Waals surface area contributed by atoms with Crippen LogP contribution in [0.25, 0.3) is 0 Å². The van der Waals surface area contributed by atoms with E-state index >= 15 is 0 Å². The van der Waals surface area contributed by atoms with Crippen LogP contribution < -0.4 is 0 Å². The highest BCUT2D eigenvalue weighted by molar-refractivity contribution is 5.84. The first-order chi connectivity index (χ1) is 8.43. The molecule has 0 aliphatic heterocycles. The maximum absolute atomic E-state index is 12.0. The van der Waals surface area contributed by atoms with E-state index in [0.717, 1.165) is 0 Å². The Hall–Kier alpha value is -1.91. The fraction of sp³-hybridized carbons (Fsp3) is 0.462. The maximum Gasteiger partial charge on any atom is 0.326 e. The molecule has 1 heterocycles. The molecule has 1 amide bonds. The average molecular weight is 250 g/mol. The quantitative estimate of drug-likeness (QED) is 0.852. The van der Waals surface area contributed by atoms with Crippen LogP contribution in [0, 0.1) is 5.92 Å². The highest BCUT2D eigenvalue weighted by atomic mass is 16.4. The van der Waals surface area contributed by atoms with Gasteiger partial charge in [0.05, 0.1) is 6.42 Å². The number of carboxylic acid groups (broad SMARTS) is 1. The van der Waals surface area contributed by atoms with E-state index in [0.29, 0.717) is 5.69 Å². The van der Waals surface area contributed by atoms with Gasteiger partial charge in [0.25, 0.3) is 0 Å². The second kappa shape index (κ2) is 6.14. The van der Waals surface area contributed by atoms with Crippen LogP contribution in [0.5, 0.6) is 0 Å². The fourth-order valence-corrected chi connectivity index (χ4v) is 1.84. The van der Waals surface area contributed by atoms with Crippen LogP contribution in [0.1, 0.15) is 19.5 Å². The van der Waals surface area contributed by atoms with Crippen LogP contribution in [0.15, 0.2) is 24.4 Å². The number of carbonyl (C=O) groups is 2. The van der Waals surface area contributed by atoms with Crippen molar-refractivity contribution in [2.45, 2.75) is 26.3 Å². The van der Waals surface area contributed by atoms with E-state index in [1.807, 2.05) is 0 Å². The smallest absolute Gasteiger partial charge is 0.326 e. The molecule has 1 aromatic heterocycles. The minimum Gasteiger partial charge on any atom is -0.480 e.